The minimum absolute atomic E-state index is 0.519. The molecular formula is C8H6ClIN2OS. The van der Waals surface area contributed by atoms with Crippen molar-refractivity contribution in [2.45, 2.75) is 0 Å². The number of halogens is 2. The predicted octanol–water partition coefficient (Wildman–Crippen LogP) is 3.15. The van der Waals surface area contributed by atoms with E-state index in [1.165, 1.54) is 11.3 Å². The Balaban J connectivity index is 2.84. The van der Waals surface area contributed by atoms with Gasteiger partial charge in [-0.05, 0) is 22.6 Å². The van der Waals surface area contributed by atoms with Crippen LogP contribution in [0.2, 0.25) is 5.02 Å². The molecule has 3 nitrogen and oxygen atoms in total. The number of methoxy groups -OCH3 is 1. The first-order valence-electron chi connectivity index (χ1n) is 3.71. The summed E-state index contributed by atoms with van der Waals surface area (Å²) in [6.45, 7) is 0. The maximum Gasteiger partial charge on any atom is 0.181 e. The minimum atomic E-state index is 0.519. The fraction of sp³-hybridized carbons (Fsp3) is 0.125. The number of ether oxygens (including phenoxy) is 1. The van der Waals surface area contributed by atoms with Gasteiger partial charge in [-0.1, -0.05) is 22.9 Å². The molecule has 14 heavy (non-hydrogen) atoms. The second kappa shape index (κ2) is 3.71. The summed E-state index contributed by atoms with van der Waals surface area (Å²) in [5, 5.41) is 1.18. The van der Waals surface area contributed by atoms with Gasteiger partial charge in [0.2, 0.25) is 0 Å². The van der Waals surface area contributed by atoms with Crippen LogP contribution in [-0.4, -0.2) is 12.1 Å². The predicted molar refractivity (Wildman–Crippen MR) is 68.3 cm³/mol. The van der Waals surface area contributed by atoms with Gasteiger partial charge in [0.15, 0.2) is 5.13 Å². The van der Waals surface area contributed by atoms with Gasteiger partial charge in [0.25, 0.3) is 0 Å². The van der Waals surface area contributed by atoms with Crippen molar-refractivity contribution >= 4 is 60.9 Å². The molecule has 0 radical (unpaired) electrons. The van der Waals surface area contributed by atoms with Crippen LogP contribution in [0.3, 0.4) is 0 Å². The Hall–Kier alpha value is -0.270. The molecule has 2 N–H and O–H groups in total. The van der Waals surface area contributed by atoms with Crippen LogP contribution in [0.25, 0.3) is 10.2 Å². The van der Waals surface area contributed by atoms with Gasteiger partial charge < -0.3 is 10.5 Å². The molecular weight excluding hydrogens is 335 g/mol. The number of hydrogen-bond donors (Lipinski definition) is 1. The summed E-state index contributed by atoms with van der Waals surface area (Å²) in [5.74, 6) is 0.730. The number of nitrogens with zero attached hydrogens (tertiary/aromatic N) is 1. The topological polar surface area (TPSA) is 48.1 Å². The normalized spacial score (nSPS) is 10.8. The molecule has 0 spiro atoms. The molecule has 0 amide bonds. The van der Waals surface area contributed by atoms with Crippen molar-refractivity contribution in [3.05, 3.63) is 14.7 Å². The average molecular weight is 341 g/mol. The number of hydrogen-bond acceptors (Lipinski definition) is 4. The molecule has 0 saturated carbocycles. The Bertz CT molecular complexity index is 500. The third kappa shape index (κ3) is 1.53. The zero-order valence-corrected chi connectivity index (χ0v) is 10.9. The molecule has 0 aliphatic rings. The Morgan fingerprint density at radius 1 is 1.64 bits per heavy atom. The lowest BCUT2D eigenvalue weighted by atomic mass is 10.3. The summed E-state index contributed by atoms with van der Waals surface area (Å²) in [4.78, 5) is 4.15. The van der Waals surface area contributed by atoms with Gasteiger partial charge in [0, 0.05) is 6.07 Å². The molecule has 74 valence electrons. The van der Waals surface area contributed by atoms with E-state index in [-0.39, 0.29) is 0 Å². The van der Waals surface area contributed by atoms with Crippen LogP contribution < -0.4 is 10.5 Å². The molecule has 0 aliphatic heterocycles. The zero-order chi connectivity index (χ0) is 10.3. The second-order valence-electron chi connectivity index (χ2n) is 2.61. The van der Waals surface area contributed by atoms with E-state index in [1.807, 2.05) is 6.07 Å². The largest absolute Gasteiger partial charge is 0.496 e. The zero-order valence-electron chi connectivity index (χ0n) is 7.17. The Morgan fingerprint density at radius 2 is 2.36 bits per heavy atom. The lowest BCUT2D eigenvalue weighted by molar-refractivity contribution is 0.412. The van der Waals surface area contributed by atoms with E-state index < -0.39 is 0 Å². The van der Waals surface area contributed by atoms with Crippen LogP contribution >= 0.6 is 45.5 Å². The molecule has 0 saturated heterocycles. The minimum Gasteiger partial charge on any atom is -0.496 e. The molecule has 1 aromatic heterocycles. The average Bonchev–Trinajstić information content (AvgIpc) is 2.52. The van der Waals surface area contributed by atoms with Gasteiger partial charge >= 0.3 is 0 Å². The van der Waals surface area contributed by atoms with E-state index in [9.17, 15) is 0 Å². The summed E-state index contributed by atoms with van der Waals surface area (Å²) in [6.07, 6.45) is 0. The van der Waals surface area contributed by atoms with Crippen LogP contribution in [0.5, 0.6) is 5.75 Å². The Morgan fingerprint density at radius 3 is 3.00 bits per heavy atom. The van der Waals surface area contributed by atoms with Crippen molar-refractivity contribution in [3.63, 3.8) is 0 Å². The first kappa shape index (κ1) is 10.3. The van der Waals surface area contributed by atoms with Crippen molar-refractivity contribution in [1.82, 2.24) is 4.98 Å². The first-order valence-corrected chi connectivity index (χ1v) is 5.99. The Labute approximate surface area is 103 Å². The smallest absolute Gasteiger partial charge is 0.181 e. The third-order valence-electron chi connectivity index (χ3n) is 1.77. The van der Waals surface area contributed by atoms with Crippen molar-refractivity contribution in [1.29, 1.82) is 0 Å². The fourth-order valence-corrected chi connectivity index (χ4v) is 3.04. The van der Waals surface area contributed by atoms with E-state index in [4.69, 9.17) is 22.1 Å². The van der Waals surface area contributed by atoms with Gasteiger partial charge in [0.1, 0.15) is 5.75 Å². The maximum atomic E-state index is 6.15. The number of fused-ring (bicyclic) bond motifs is 1. The SMILES string of the molecule is COc1cc2nc(N)sc2c(Cl)c1I. The summed E-state index contributed by atoms with van der Waals surface area (Å²) < 4.78 is 6.98. The molecule has 1 aromatic carbocycles. The van der Waals surface area contributed by atoms with E-state index in [0.29, 0.717) is 10.2 Å². The maximum absolute atomic E-state index is 6.15. The van der Waals surface area contributed by atoms with Crippen LogP contribution in [0.4, 0.5) is 5.13 Å². The van der Waals surface area contributed by atoms with Crippen molar-refractivity contribution in [3.8, 4) is 5.75 Å². The van der Waals surface area contributed by atoms with Gasteiger partial charge in [-0.2, -0.15) is 0 Å². The van der Waals surface area contributed by atoms with Crippen LogP contribution in [0, 0.1) is 3.57 Å². The van der Waals surface area contributed by atoms with Crippen molar-refractivity contribution < 1.29 is 4.74 Å². The van der Waals surface area contributed by atoms with Crippen LogP contribution in [-0.2, 0) is 0 Å². The van der Waals surface area contributed by atoms with Gasteiger partial charge in [-0.3, -0.25) is 0 Å². The first-order chi connectivity index (χ1) is 6.63. The molecule has 2 rings (SSSR count). The molecule has 0 aliphatic carbocycles. The van der Waals surface area contributed by atoms with Crippen molar-refractivity contribution in [2.24, 2.45) is 0 Å². The molecule has 0 atom stereocenters. The lowest BCUT2D eigenvalue weighted by Gasteiger charge is -2.04. The summed E-state index contributed by atoms with van der Waals surface area (Å²) in [7, 11) is 1.61. The molecule has 2 aromatic rings. The number of rotatable bonds is 1. The third-order valence-corrected chi connectivity index (χ3v) is 4.56. The molecule has 0 bridgehead atoms. The summed E-state index contributed by atoms with van der Waals surface area (Å²) in [6, 6.07) is 1.84. The molecule has 1 heterocycles. The standard InChI is InChI=1S/C8H6ClIN2OS/c1-13-4-2-3-7(5(9)6(4)10)14-8(11)12-3/h2H,1H3,(H2,11,12). The molecule has 0 fully saturated rings. The second-order valence-corrected chi connectivity index (χ2v) is 5.09. The number of thiazole rings is 1. The van der Waals surface area contributed by atoms with Gasteiger partial charge in [-0.25, -0.2) is 4.98 Å². The summed E-state index contributed by atoms with van der Waals surface area (Å²) in [5.41, 5.74) is 6.39. The van der Waals surface area contributed by atoms with Gasteiger partial charge in [-0.15, -0.1) is 0 Å². The Kier molecular flexibility index (Phi) is 2.72. The quantitative estimate of drug-likeness (QED) is 0.811. The lowest BCUT2D eigenvalue weighted by Crippen LogP contribution is -1.88. The monoisotopic (exact) mass is 340 g/mol. The number of aromatic nitrogens is 1. The molecule has 6 heteroatoms. The van der Waals surface area contributed by atoms with Gasteiger partial charge in [0.05, 0.1) is 25.9 Å². The highest BCUT2D eigenvalue weighted by molar-refractivity contribution is 14.1. The van der Waals surface area contributed by atoms with E-state index in [0.717, 1.165) is 19.5 Å². The van der Waals surface area contributed by atoms with E-state index >= 15 is 0 Å². The van der Waals surface area contributed by atoms with E-state index in [1.54, 1.807) is 7.11 Å². The highest BCUT2D eigenvalue weighted by atomic mass is 127. The highest BCUT2D eigenvalue weighted by Gasteiger charge is 2.13. The van der Waals surface area contributed by atoms with E-state index in [2.05, 4.69) is 27.6 Å². The number of anilines is 1. The fourth-order valence-electron chi connectivity index (χ4n) is 1.15. The van der Waals surface area contributed by atoms with Crippen LogP contribution in [0.15, 0.2) is 6.07 Å². The van der Waals surface area contributed by atoms with Crippen molar-refractivity contribution in [2.75, 3.05) is 12.8 Å². The van der Waals surface area contributed by atoms with Crippen LogP contribution in [0.1, 0.15) is 0 Å². The number of nitrogen functional groups attached to an aromatic ring is 1. The molecule has 0 unspecified atom stereocenters. The number of nitrogens with two attached hydrogens (primary N) is 1. The highest BCUT2D eigenvalue weighted by Crippen LogP contribution is 2.38. The number of benzene rings is 1. The summed E-state index contributed by atoms with van der Waals surface area (Å²) >= 11 is 9.68.